The van der Waals surface area contributed by atoms with E-state index in [1.54, 1.807) is 18.5 Å². The van der Waals surface area contributed by atoms with Gasteiger partial charge in [-0.1, -0.05) is 6.08 Å². The number of primary amides is 1. The number of amides is 1. The monoisotopic (exact) mass is 165 g/mol. The molecular formula is C8H11N3O. The van der Waals surface area contributed by atoms with E-state index in [1.807, 2.05) is 17.8 Å². The van der Waals surface area contributed by atoms with Crippen molar-refractivity contribution in [2.24, 2.45) is 12.8 Å². The van der Waals surface area contributed by atoms with Crippen LogP contribution in [0, 0.1) is 0 Å². The lowest BCUT2D eigenvalue weighted by Gasteiger charge is -1.84. The van der Waals surface area contributed by atoms with Crippen molar-refractivity contribution in [2.75, 3.05) is 0 Å². The molecule has 0 aliphatic heterocycles. The first-order chi connectivity index (χ1) is 5.68. The van der Waals surface area contributed by atoms with Crippen LogP contribution in [0.3, 0.4) is 0 Å². The van der Waals surface area contributed by atoms with Crippen molar-refractivity contribution in [1.82, 2.24) is 9.55 Å². The third-order valence-corrected chi connectivity index (χ3v) is 1.33. The second-order valence-electron chi connectivity index (χ2n) is 2.54. The highest BCUT2D eigenvalue weighted by molar-refractivity contribution is 5.76. The molecule has 1 aromatic heterocycles. The van der Waals surface area contributed by atoms with Crippen LogP contribution in [-0.2, 0) is 11.8 Å². The Bertz CT molecular complexity index is 301. The van der Waals surface area contributed by atoms with Gasteiger partial charge in [-0.2, -0.15) is 0 Å². The number of aryl methyl sites for hydroxylation is 1. The van der Waals surface area contributed by atoms with Crippen LogP contribution < -0.4 is 5.73 Å². The van der Waals surface area contributed by atoms with Gasteiger partial charge >= 0.3 is 0 Å². The molecule has 4 heteroatoms. The number of nitrogens with zero attached hydrogens (tertiary/aromatic N) is 2. The third-order valence-electron chi connectivity index (χ3n) is 1.33. The average molecular weight is 165 g/mol. The maximum absolute atomic E-state index is 10.3. The van der Waals surface area contributed by atoms with E-state index < -0.39 is 0 Å². The lowest BCUT2D eigenvalue weighted by Crippen LogP contribution is -2.07. The number of hydrogen-bond donors (Lipinski definition) is 1. The Balaban J connectivity index is 2.52. The zero-order valence-corrected chi connectivity index (χ0v) is 6.90. The van der Waals surface area contributed by atoms with Gasteiger partial charge < -0.3 is 10.3 Å². The number of aromatic nitrogens is 2. The van der Waals surface area contributed by atoms with Crippen molar-refractivity contribution >= 4 is 12.0 Å². The van der Waals surface area contributed by atoms with Crippen molar-refractivity contribution in [3.05, 3.63) is 24.3 Å². The van der Waals surface area contributed by atoms with E-state index in [2.05, 4.69) is 4.98 Å². The summed E-state index contributed by atoms with van der Waals surface area (Å²) < 4.78 is 1.84. The van der Waals surface area contributed by atoms with Gasteiger partial charge in [-0.3, -0.25) is 4.79 Å². The molecular weight excluding hydrogens is 154 g/mol. The van der Waals surface area contributed by atoms with E-state index in [4.69, 9.17) is 5.73 Å². The molecule has 0 saturated heterocycles. The Morgan fingerprint density at radius 2 is 2.58 bits per heavy atom. The van der Waals surface area contributed by atoms with Gasteiger partial charge in [-0.05, 0) is 6.08 Å². The molecule has 0 aliphatic rings. The van der Waals surface area contributed by atoms with Crippen molar-refractivity contribution in [1.29, 1.82) is 0 Å². The molecule has 12 heavy (non-hydrogen) atoms. The molecule has 1 rings (SSSR count). The van der Waals surface area contributed by atoms with Crippen LogP contribution in [0.15, 0.2) is 18.6 Å². The topological polar surface area (TPSA) is 60.9 Å². The van der Waals surface area contributed by atoms with Gasteiger partial charge in [0.15, 0.2) is 0 Å². The molecule has 1 amide bonds. The molecule has 64 valence electrons. The normalized spacial score (nSPS) is 10.8. The van der Waals surface area contributed by atoms with Gasteiger partial charge in [-0.25, -0.2) is 4.98 Å². The Kier molecular flexibility index (Phi) is 2.63. The molecule has 0 aliphatic carbocycles. The molecule has 0 spiro atoms. The largest absolute Gasteiger partial charge is 0.369 e. The fourth-order valence-corrected chi connectivity index (χ4v) is 0.815. The molecule has 0 atom stereocenters. The summed E-state index contributed by atoms with van der Waals surface area (Å²) in [5.74, 6) is -0.331. The molecule has 0 saturated carbocycles. The SMILES string of the molecule is Cn1cnc(C=CCC(N)=O)c1. The number of nitrogens with two attached hydrogens (primary N) is 1. The molecule has 1 aromatic rings. The number of carbonyl (C=O) groups excluding carboxylic acids is 1. The average Bonchev–Trinajstić information content (AvgIpc) is 2.35. The van der Waals surface area contributed by atoms with Crippen LogP contribution in [0.25, 0.3) is 6.08 Å². The second-order valence-corrected chi connectivity index (χ2v) is 2.54. The molecule has 4 nitrogen and oxygen atoms in total. The minimum absolute atomic E-state index is 0.260. The van der Waals surface area contributed by atoms with Crippen LogP contribution >= 0.6 is 0 Å². The number of hydrogen-bond acceptors (Lipinski definition) is 2. The van der Waals surface area contributed by atoms with Crippen molar-refractivity contribution in [3.63, 3.8) is 0 Å². The van der Waals surface area contributed by atoms with Gasteiger partial charge in [-0.15, -0.1) is 0 Å². The highest BCUT2D eigenvalue weighted by atomic mass is 16.1. The summed E-state index contributed by atoms with van der Waals surface area (Å²) in [6.45, 7) is 0. The third kappa shape index (κ3) is 2.57. The summed E-state index contributed by atoms with van der Waals surface area (Å²) in [4.78, 5) is 14.4. The maximum Gasteiger partial charge on any atom is 0.221 e. The first kappa shape index (κ1) is 8.52. The van der Waals surface area contributed by atoms with E-state index in [1.165, 1.54) is 0 Å². The molecule has 0 aromatic carbocycles. The Morgan fingerprint density at radius 3 is 3.08 bits per heavy atom. The minimum Gasteiger partial charge on any atom is -0.369 e. The van der Waals surface area contributed by atoms with Crippen LogP contribution in [0.4, 0.5) is 0 Å². The van der Waals surface area contributed by atoms with Gasteiger partial charge in [0.1, 0.15) is 0 Å². The zero-order chi connectivity index (χ0) is 8.97. The Labute approximate surface area is 70.7 Å². The molecule has 0 bridgehead atoms. The fraction of sp³-hybridized carbons (Fsp3) is 0.250. The first-order valence-corrected chi connectivity index (χ1v) is 3.61. The number of carbonyl (C=O) groups is 1. The van der Waals surface area contributed by atoms with Crippen LogP contribution in [0.1, 0.15) is 12.1 Å². The summed E-state index contributed by atoms with van der Waals surface area (Å²) in [6.07, 6.45) is 7.29. The number of rotatable bonds is 3. The van der Waals surface area contributed by atoms with E-state index in [-0.39, 0.29) is 12.3 Å². The van der Waals surface area contributed by atoms with Crippen LogP contribution in [-0.4, -0.2) is 15.5 Å². The smallest absolute Gasteiger partial charge is 0.221 e. The molecule has 0 fully saturated rings. The summed E-state index contributed by atoms with van der Waals surface area (Å²) >= 11 is 0. The summed E-state index contributed by atoms with van der Waals surface area (Å²) in [7, 11) is 1.89. The summed E-state index contributed by atoms with van der Waals surface area (Å²) in [5.41, 5.74) is 5.78. The Hall–Kier alpha value is -1.58. The van der Waals surface area contributed by atoms with Gasteiger partial charge in [0, 0.05) is 19.7 Å². The summed E-state index contributed by atoms with van der Waals surface area (Å²) in [6, 6.07) is 0. The number of imidazole rings is 1. The zero-order valence-electron chi connectivity index (χ0n) is 6.90. The molecule has 1 heterocycles. The van der Waals surface area contributed by atoms with Gasteiger partial charge in [0.25, 0.3) is 0 Å². The van der Waals surface area contributed by atoms with E-state index in [9.17, 15) is 4.79 Å². The van der Waals surface area contributed by atoms with Crippen molar-refractivity contribution in [2.45, 2.75) is 6.42 Å². The van der Waals surface area contributed by atoms with Gasteiger partial charge in [0.2, 0.25) is 5.91 Å². The van der Waals surface area contributed by atoms with Crippen LogP contribution in [0.5, 0.6) is 0 Å². The van der Waals surface area contributed by atoms with E-state index in [0.29, 0.717) is 0 Å². The predicted octanol–water partition coefficient (Wildman–Crippen LogP) is 0.309. The first-order valence-electron chi connectivity index (χ1n) is 3.61. The lowest BCUT2D eigenvalue weighted by atomic mass is 10.3. The van der Waals surface area contributed by atoms with E-state index in [0.717, 1.165) is 5.69 Å². The molecule has 2 N–H and O–H groups in total. The van der Waals surface area contributed by atoms with Gasteiger partial charge in [0.05, 0.1) is 12.0 Å². The highest BCUT2D eigenvalue weighted by Gasteiger charge is 1.90. The lowest BCUT2D eigenvalue weighted by molar-refractivity contribution is -0.117. The van der Waals surface area contributed by atoms with E-state index >= 15 is 0 Å². The standard InChI is InChI=1S/C8H11N3O/c1-11-5-7(10-6-11)3-2-4-8(9)12/h2-3,5-6H,4H2,1H3,(H2,9,12). The van der Waals surface area contributed by atoms with Crippen LogP contribution in [0.2, 0.25) is 0 Å². The fourth-order valence-electron chi connectivity index (χ4n) is 0.815. The summed E-state index contributed by atoms with van der Waals surface area (Å²) in [5, 5.41) is 0. The van der Waals surface area contributed by atoms with Crippen molar-refractivity contribution < 1.29 is 4.79 Å². The molecule has 0 unspecified atom stereocenters. The molecule has 0 radical (unpaired) electrons. The second kappa shape index (κ2) is 3.71. The quantitative estimate of drug-likeness (QED) is 0.700. The van der Waals surface area contributed by atoms with Crippen molar-refractivity contribution in [3.8, 4) is 0 Å². The maximum atomic E-state index is 10.3. The minimum atomic E-state index is -0.331. The predicted molar refractivity (Wildman–Crippen MR) is 46.1 cm³/mol. The highest BCUT2D eigenvalue weighted by Crippen LogP contribution is 1.97. The Morgan fingerprint density at radius 1 is 1.83 bits per heavy atom.